The number of hydrogen-bond donors (Lipinski definition) is 0. The Labute approximate surface area is 76.4 Å². The zero-order valence-corrected chi connectivity index (χ0v) is 9.76. The van der Waals surface area contributed by atoms with E-state index in [0.29, 0.717) is 0 Å². The van der Waals surface area contributed by atoms with E-state index < -0.39 is 6.68 Å². The van der Waals surface area contributed by atoms with E-state index in [0.717, 1.165) is 0 Å². The predicted octanol–water partition coefficient (Wildman–Crippen LogP) is -0.150. The molecule has 0 aliphatic carbocycles. The van der Waals surface area contributed by atoms with Crippen LogP contribution >= 0.6 is 52.2 Å². The van der Waals surface area contributed by atoms with Gasteiger partial charge < -0.3 is 52.2 Å². The molecule has 0 amide bonds. The van der Waals surface area contributed by atoms with Crippen LogP contribution in [0.1, 0.15) is 0 Å². The van der Waals surface area contributed by atoms with E-state index in [9.17, 15) is 0 Å². The Balaban J connectivity index is 0. The van der Waals surface area contributed by atoms with Crippen molar-refractivity contribution >= 4 is 58.9 Å². The van der Waals surface area contributed by atoms with Crippen molar-refractivity contribution in [2.24, 2.45) is 0 Å². The summed E-state index contributed by atoms with van der Waals surface area (Å²) in [6.07, 6.45) is 0. The summed E-state index contributed by atoms with van der Waals surface area (Å²) in [5.41, 5.74) is 0. The molecule has 0 spiro atoms. The molecule has 0 aromatic carbocycles. The van der Waals surface area contributed by atoms with Crippen LogP contribution in [0.3, 0.4) is 0 Å². The van der Waals surface area contributed by atoms with E-state index in [1.165, 1.54) is 0 Å². The maximum atomic E-state index is 5.45. The normalized spacial score (nSPS) is 10.0. The van der Waals surface area contributed by atoms with Gasteiger partial charge in [-0.15, -0.1) is 0 Å². The quantitative estimate of drug-likeness (QED) is 0.546. The van der Waals surface area contributed by atoms with Crippen molar-refractivity contribution in [3.05, 3.63) is 0 Å². The van der Waals surface area contributed by atoms with E-state index in [-0.39, 0.29) is 18.9 Å². The van der Waals surface area contributed by atoms with E-state index in [1.54, 1.807) is 0 Å². The molecule has 0 aliphatic heterocycles. The fourth-order valence-corrected chi connectivity index (χ4v) is 0. The van der Waals surface area contributed by atoms with Gasteiger partial charge in [0.15, 0.2) is 0 Å². The van der Waals surface area contributed by atoms with Crippen LogP contribution in [0.2, 0.25) is 0 Å². The van der Waals surface area contributed by atoms with Crippen molar-refractivity contribution < 1.29 is 18.9 Å². The Morgan fingerprint density at radius 1 is 1.17 bits per heavy atom. The van der Waals surface area contributed by atoms with Gasteiger partial charge in [-0.25, -0.2) is 0 Å². The number of rotatable bonds is 0. The third-order valence-electron chi connectivity index (χ3n) is 0. The summed E-state index contributed by atoms with van der Waals surface area (Å²) in [5.74, 6) is 0. The fourth-order valence-electron chi connectivity index (χ4n) is 0. The van der Waals surface area contributed by atoms with Gasteiger partial charge in [0.2, 0.25) is 0 Å². The summed E-state index contributed by atoms with van der Waals surface area (Å²) in [6.45, 7) is -1.92. The predicted molar refractivity (Wildman–Crippen MR) is 38.4 cm³/mol. The molecule has 32 valence electrons. The van der Waals surface area contributed by atoms with Crippen molar-refractivity contribution in [2.75, 3.05) is 0 Å². The van der Waals surface area contributed by atoms with E-state index in [4.69, 9.17) is 10.0 Å². The molecule has 0 rings (SSSR count). The van der Waals surface area contributed by atoms with Gasteiger partial charge in [-0.1, -0.05) is 0 Å². The molecular formula is AlBr3ClLi. The first-order valence-electron chi connectivity index (χ1n) is 0.873. The van der Waals surface area contributed by atoms with E-state index in [1.807, 2.05) is 0 Å². The molecule has 0 saturated carbocycles. The Bertz CT molecular complexity index is 26.3. The SMILES string of the molecule is [Cl][Al-]([Br])([Br])[Br].[Li+]. The molecular weight excluding hydrogens is 309 g/mol. The molecule has 0 saturated heterocycles. The summed E-state index contributed by atoms with van der Waals surface area (Å²) in [4.78, 5) is 0. The molecule has 6 heteroatoms. The van der Waals surface area contributed by atoms with Crippen LogP contribution < -0.4 is 18.9 Å². The van der Waals surface area contributed by atoms with Gasteiger partial charge in [0.05, 0.1) is 0 Å². The first-order valence-corrected chi connectivity index (χ1v) is 12.2. The zero-order valence-electron chi connectivity index (χ0n) is 3.09. The van der Waals surface area contributed by atoms with Crippen molar-refractivity contribution in [3.8, 4) is 0 Å². The van der Waals surface area contributed by atoms with Crippen molar-refractivity contribution in [1.82, 2.24) is 0 Å². The second kappa shape index (κ2) is 4.71. The van der Waals surface area contributed by atoms with Crippen LogP contribution in [0.5, 0.6) is 0 Å². The summed E-state index contributed by atoms with van der Waals surface area (Å²) in [6, 6.07) is 0. The molecule has 0 nitrogen and oxygen atoms in total. The number of halogens is 4. The van der Waals surface area contributed by atoms with E-state index >= 15 is 0 Å². The second-order valence-corrected chi connectivity index (χ2v) is 31.6. The van der Waals surface area contributed by atoms with Gasteiger partial charge in [-0.05, 0) is 0 Å². The van der Waals surface area contributed by atoms with Crippen LogP contribution in [0, 0.1) is 0 Å². The zero-order chi connectivity index (χ0) is 4.50. The fraction of sp³-hybridized carbons (Fsp3) is 0. The van der Waals surface area contributed by atoms with Gasteiger partial charge in [0.1, 0.15) is 0 Å². The smallest absolute Gasteiger partial charge is 0.405 e. The monoisotopic (exact) mass is 306 g/mol. The van der Waals surface area contributed by atoms with Crippen LogP contribution in [-0.4, -0.2) is 6.68 Å². The van der Waals surface area contributed by atoms with Crippen LogP contribution in [0.25, 0.3) is 0 Å². The van der Waals surface area contributed by atoms with Gasteiger partial charge in [0, 0.05) is 0 Å². The van der Waals surface area contributed by atoms with Crippen molar-refractivity contribution in [3.63, 3.8) is 0 Å². The van der Waals surface area contributed by atoms with Gasteiger partial charge in [-0.2, -0.15) is 0 Å². The standard InChI is InChI=1S/Al.3BrH.ClH.Li/h;4*1H;/q+3;;;;;+1/p-4. The molecule has 0 fully saturated rings. The molecule has 0 aromatic rings. The Morgan fingerprint density at radius 2 is 1.17 bits per heavy atom. The first-order chi connectivity index (χ1) is 2.00. The molecule has 6 heavy (non-hydrogen) atoms. The topological polar surface area (TPSA) is 0 Å². The average Bonchev–Trinajstić information content (AvgIpc) is 0.722. The minimum atomic E-state index is -1.92. The summed E-state index contributed by atoms with van der Waals surface area (Å²) in [5, 5.41) is 0. The van der Waals surface area contributed by atoms with E-state index in [2.05, 4.69) is 42.2 Å². The van der Waals surface area contributed by atoms with Gasteiger partial charge >= 0.3 is 25.5 Å². The molecule has 0 bridgehead atoms. The maximum Gasteiger partial charge on any atom is 1.00 e. The molecule has 0 N–H and O–H groups in total. The van der Waals surface area contributed by atoms with Crippen molar-refractivity contribution in [2.45, 2.75) is 0 Å². The average molecular weight is 309 g/mol. The van der Waals surface area contributed by atoms with Crippen LogP contribution in [0.15, 0.2) is 0 Å². The molecule has 0 heterocycles. The Kier molecular flexibility index (Phi) is 9.13. The Morgan fingerprint density at radius 3 is 1.17 bits per heavy atom. The van der Waals surface area contributed by atoms with Gasteiger partial charge in [0.25, 0.3) is 0 Å². The summed E-state index contributed by atoms with van der Waals surface area (Å²) in [7, 11) is 5.45. The molecule has 0 radical (unpaired) electrons. The second-order valence-electron chi connectivity index (χ2n) is 0.495. The largest absolute Gasteiger partial charge is 1.00 e. The first kappa shape index (κ1) is 11.6. The third kappa shape index (κ3) is 28.8. The maximum absolute atomic E-state index is 5.45. The summed E-state index contributed by atoms with van der Waals surface area (Å²) < 4.78 is 0. The molecule has 0 aliphatic rings. The van der Waals surface area contributed by atoms with Gasteiger partial charge in [-0.3, -0.25) is 0 Å². The number of hydrogen-bond acceptors (Lipinski definition) is 0. The van der Waals surface area contributed by atoms with Crippen LogP contribution in [0.4, 0.5) is 0 Å². The minimum absolute atomic E-state index is 0. The van der Waals surface area contributed by atoms with Crippen LogP contribution in [-0.2, 0) is 0 Å². The molecule has 0 atom stereocenters. The molecule has 0 aromatic heterocycles. The van der Waals surface area contributed by atoms with Crippen molar-refractivity contribution in [1.29, 1.82) is 0 Å². The minimum Gasteiger partial charge on any atom is -0.405 e. The third-order valence-corrected chi connectivity index (χ3v) is 0. The Hall–Kier alpha value is 2.86. The molecule has 0 unspecified atom stereocenters. The summed E-state index contributed by atoms with van der Waals surface area (Å²) >= 11 is 9.42.